The summed E-state index contributed by atoms with van der Waals surface area (Å²) in [5, 5.41) is 23.3. The van der Waals surface area contributed by atoms with Crippen LogP contribution in [0, 0.1) is 0 Å². The van der Waals surface area contributed by atoms with Gasteiger partial charge in [-0.25, -0.2) is 0 Å². The summed E-state index contributed by atoms with van der Waals surface area (Å²) in [6, 6.07) is -0.545. The zero-order chi connectivity index (χ0) is 49.3. The molecule has 0 spiro atoms. The number of amides is 1. The van der Waals surface area contributed by atoms with Crippen molar-refractivity contribution in [2.24, 2.45) is 0 Å². The predicted molar refractivity (Wildman–Crippen MR) is 297 cm³/mol. The summed E-state index contributed by atoms with van der Waals surface area (Å²) >= 11 is 0. The average molecular weight is 961 g/mol. The second-order valence-electron chi connectivity index (χ2n) is 21.4. The van der Waals surface area contributed by atoms with Crippen LogP contribution < -0.4 is 5.32 Å². The molecule has 0 aromatic carbocycles. The van der Waals surface area contributed by atoms with Crippen molar-refractivity contribution in [1.29, 1.82) is 0 Å². The van der Waals surface area contributed by atoms with Gasteiger partial charge in [0.05, 0.1) is 25.4 Å². The maximum atomic E-state index is 12.5. The molecule has 0 aliphatic rings. The van der Waals surface area contributed by atoms with Crippen LogP contribution >= 0.6 is 0 Å². The predicted octanol–water partition coefficient (Wildman–Crippen LogP) is 19.2. The fourth-order valence-corrected chi connectivity index (χ4v) is 9.81. The molecule has 0 aliphatic heterocycles. The highest BCUT2D eigenvalue weighted by Crippen LogP contribution is 2.18. The Morgan fingerprint density at radius 2 is 0.691 bits per heavy atom. The van der Waals surface area contributed by atoms with E-state index in [0.717, 1.165) is 44.9 Å². The topological polar surface area (TPSA) is 95.9 Å². The Hall–Kier alpha value is -1.40. The van der Waals surface area contributed by atoms with Crippen LogP contribution in [0.1, 0.15) is 348 Å². The molecule has 2 unspecified atom stereocenters. The van der Waals surface area contributed by atoms with Crippen LogP contribution in [0.2, 0.25) is 0 Å². The summed E-state index contributed by atoms with van der Waals surface area (Å²) in [6.45, 7) is 4.96. The lowest BCUT2D eigenvalue weighted by atomic mass is 10.0. The molecule has 0 fully saturated rings. The van der Waals surface area contributed by atoms with Crippen LogP contribution in [0.4, 0.5) is 0 Å². The molecule has 0 aromatic rings. The van der Waals surface area contributed by atoms with Gasteiger partial charge >= 0.3 is 5.97 Å². The van der Waals surface area contributed by atoms with Crippen molar-refractivity contribution in [1.82, 2.24) is 5.32 Å². The van der Waals surface area contributed by atoms with Crippen molar-refractivity contribution in [2.45, 2.75) is 360 Å². The lowest BCUT2D eigenvalue weighted by Gasteiger charge is -2.22. The van der Waals surface area contributed by atoms with Crippen molar-refractivity contribution in [3.63, 3.8) is 0 Å². The molecule has 0 heterocycles. The zero-order valence-corrected chi connectivity index (χ0v) is 46.1. The van der Waals surface area contributed by atoms with Crippen molar-refractivity contribution in [2.75, 3.05) is 13.2 Å². The maximum absolute atomic E-state index is 12.5. The van der Waals surface area contributed by atoms with E-state index in [1.165, 1.54) is 270 Å². The number of nitrogens with one attached hydrogen (secondary N) is 1. The highest BCUT2D eigenvalue weighted by atomic mass is 16.5. The zero-order valence-electron chi connectivity index (χ0n) is 46.1. The molecule has 68 heavy (non-hydrogen) atoms. The number of hydrogen-bond acceptors (Lipinski definition) is 5. The standard InChI is InChI=1S/C62H121NO5/c1-3-5-7-9-11-13-15-17-19-21-24-28-32-36-40-44-48-52-56-62(67)68-57-53-49-45-41-37-33-29-25-22-23-27-31-35-39-43-47-51-55-61(66)63-59(58-64)60(65)54-50-46-42-38-34-30-26-20-18-16-14-12-10-8-6-4-2/h19,21,59-60,64-65H,3-18,20,22-58H2,1-2H3,(H,63,66)/b21-19-. The molecule has 0 aromatic heterocycles. The number of aliphatic hydroxyl groups is 2. The molecule has 1 amide bonds. The molecule has 0 saturated heterocycles. The number of unbranched alkanes of at least 4 members (excludes halogenated alkanes) is 45. The Balaban J connectivity index is 3.39. The summed E-state index contributed by atoms with van der Waals surface area (Å²) in [7, 11) is 0. The summed E-state index contributed by atoms with van der Waals surface area (Å²) < 4.78 is 5.49. The van der Waals surface area contributed by atoms with Crippen LogP contribution in [-0.2, 0) is 14.3 Å². The van der Waals surface area contributed by atoms with Gasteiger partial charge in [0.1, 0.15) is 0 Å². The van der Waals surface area contributed by atoms with E-state index in [2.05, 4.69) is 31.3 Å². The number of aliphatic hydroxyl groups excluding tert-OH is 2. The Morgan fingerprint density at radius 3 is 1.04 bits per heavy atom. The van der Waals surface area contributed by atoms with Gasteiger partial charge < -0.3 is 20.3 Å². The highest BCUT2D eigenvalue weighted by Gasteiger charge is 2.20. The van der Waals surface area contributed by atoms with Crippen molar-refractivity contribution >= 4 is 11.9 Å². The smallest absolute Gasteiger partial charge is 0.305 e. The quantitative estimate of drug-likeness (QED) is 0.0321. The Labute approximate surface area is 425 Å². The number of carbonyl (C=O) groups excluding carboxylic acids is 2. The largest absolute Gasteiger partial charge is 0.466 e. The molecule has 0 rings (SSSR count). The first-order chi connectivity index (χ1) is 33.5. The summed E-state index contributed by atoms with van der Waals surface area (Å²) in [6.07, 6.45) is 69.2. The third kappa shape index (κ3) is 53.9. The van der Waals surface area contributed by atoms with Gasteiger partial charge in [-0.05, 0) is 51.4 Å². The number of esters is 1. The molecule has 0 bridgehead atoms. The van der Waals surface area contributed by atoms with Gasteiger partial charge in [0.25, 0.3) is 0 Å². The molecular weight excluding hydrogens is 839 g/mol. The summed E-state index contributed by atoms with van der Waals surface area (Å²) in [5.74, 6) is -0.0341. The van der Waals surface area contributed by atoms with Crippen molar-refractivity contribution < 1.29 is 24.5 Å². The second kappa shape index (κ2) is 58.2. The Bertz CT molecular complexity index is 1020. The molecule has 0 aliphatic carbocycles. The highest BCUT2D eigenvalue weighted by molar-refractivity contribution is 5.76. The average Bonchev–Trinajstić information content (AvgIpc) is 3.34. The number of ether oxygens (including phenoxy) is 1. The number of carbonyl (C=O) groups is 2. The van der Waals surface area contributed by atoms with Gasteiger partial charge in [0.2, 0.25) is 5.91 Å². The minimum Gasteiger partial charge on any atom is -0.466 e. The third-order valence-electron chi connectivity index (χ3n) is 14.6. The first kappa shape index (κ1) is 66.6. The van der Waals surface area contributed by atoms with Gasteiger partial charge in [-0.2, -0.15) is 0 Å². The van der Waals surface area contributed by atoms with Gasteiger partial charge in [0.15, 0.2) is 0 Å². The fourth-order valence-electron chi connectivity index (χ4n) is 9.81. The van der Waals surface area contributed by atoms with E-state index < -0.39 is 12.1 Å². The molecule has 404 valence electrons. The first-order valence-electron chi connectivity index (χ1n) is 30.9. The number of allylic oxidation sites excluding steroid dienone is 2. The minimum atomic E-state index is -0.667. The van der Waals surface area contributed by atoms with E-state index in [9.17, 15) is 19.8 Å². The Morgan fingerprint density at radius 1 is 0.397 bits per heavy atom. The van der Waals surface area contributed by atoms with Crippen LogP contribution in [0.5, 0.6) is 0 Å². The van der Waals surface area contributed by atoms with Gasteiger partial charge in [0, 0.05) is 12.8 Å². The van der Waals surface area contributed by atoms with Gasteiger partial charge in [-0.1, -0.05) is 296 Å². The molecule has 6 heteroatoms. The fraction of sp³-hybridized carbons (Fsp3) is 0.935. The van der Waals surface area contributed by atoms with E-state index in [1.807, 2.05) is 0 Å². The number of rotatable bonds is 58. The summed E-state index contributed by atoms with van der Waals surface area (Å²) in [4.78, 5) is 24.6. The maximum Gasteiger partial charge on any atom is 0.305 e. The third-order valence-corrected chi connectivity index (χ3v) is 14.6. The Kier molecular flexibility index (Phi) is 57.0. The summed E-state index contributed by atoms with van der Waals surface area (Å²) in [5.41, 5.74) is 0. The van der Waals surface area contributed by atoms with E-state index in [1.54, 1.807) is 0 Å². The lowest BCUT2D eigenvalue weighted by molar-refractivity contribution is -0.143. The van der Waals surface area contributed by atoms with Crippen molar-refractivity contribution in [3.05, 3.63) is 12.2 Å². The molecular formula is C62H121NO5. The monoisotopic (exact) mass is 960 g/mol. The van der Waals surface area contributed by atoms with Crippen LogP contribution in [-0.4, -0.2) is 47.4 Å². The SMILES string of the molecule is CCCCCCCCC/C=C\CCCCCCCCCC(=O)OCCCCCCCCCCCCCCCCCCCC(=O)NC(CO)C(O)CCCCCCCCCCCCCCCCCC. The van der Waals surface area contributed by atoms with E-state index >= 15 is 0 Å². The van der Waals surface area contributed by atoms with Gasteiger partial charge in [-0.15, -0.1) is 0 Å². The lowest BCUT2D eigenvalue weighted by Crippen LogP contribution is -2.45. The van der Waals surface area contributed by atoms with E-state index in [-0.39, 0.29) is 18.5 Å². The molecule has 3 N–H and O–H groups in total. The van der Waals surface area contributed by atoms with Gasteiger partial charge in [-0.3, -0.25) is 9.59 Å². The van der Waals surface area contributed by atoms with Crippen LogP contribution in [0.15, 0.2) is 12.2 Å². The molecule has 6 nitrogen and oxygen atoms in total. The van der Waals surface area contributed by atoms with E-state index in [4.69, 9.17) is 4.74 Å². The second-order valence-corrected chi connectivity index (χ2v) is 21.4. The minimum absolute atomic E-state index is 0.00341. The number of hydrogen-bond donors (Lipinski definition) is 3. The normalized spacial score (nSPS) is 12.6. The van der Waals surface area contributed by atoms with Crippen LogP contribution in [0.25, 0.3) is 0 Å². The molecule has 0 saturated carbocycles. The molecule has 2 atom stereocenters. The van der Waals surface area contributed by atoms with E-state index in [0.29, 0.717) is 25.9 Å². The first-order valence-corrected chi connectivity index (χ1v) is 30.9. The van der Waals surface area contributed by atoms with Crippen LogP contribution in [0.3, 0.4) is 0 Å². The molecule has 0 radical (unpaired) electrons. The van der Waals surface area contributed by atoms with Crippen molar-refractivity contribution in [3.8, 4) is 0 Å².